The third-order valence-electron chi connectivity index (χ3n) is 3.66. The minimum absolute atomic E-state index is 0.0731. The van der Waals surface area contributed by atoms with Crippen LogP contribution >= 0.6 is 0 Å². The number of hydrogen-bond donors (Lipinski definition) is 2. The number of nitrogens with one attached hydrogen (secondary N) is 1. The first kappa shape index (κ1) is 22.4. The van der Waals surface area contributed by atoms with E-state index in [2.05, 4.69) is 5.32 Å². The second-order valence-corrected chi connectivity index (χ2v) is 8.37. The summed E-state index contributed by atoms with van der Waals surface area (Å²) in [5.41, 5.74) is 0.918. The van der Waals surface area contributed by atoms with Crippen LogP contribution in [-0.4, -0.2) is 37.1 Å². The van der Waals surface area contributed by atoms with E-state index in [1.165, 1.54) is 0 Å². The van der Waals surface area contributed by atoms with Crippen LogP contribution in [0.2, 0.25) is 0 Å². The lowest BCUT2D eigenvalue weighted by atomic mass is 9.98. The molecule has 1 aromatic carbocycles. The van der Waals surface area contributed by atoms with Gasteiger partial charge in [-0.05, 0) is 59.2 Å². The molecule has 2 N–H and O–H groups in total. The van der Waals surface area contributed by atoms with Crippen LogP contribution in [0.5, 0.6) is 5.75 Å². The number of hydrogen-bond acceptors (Lipinski definition) is 6. The van der Waals surface area contributed by atoms with Crippen LogP contribution in [0.3, 0.4) is 0 Å². The maximum atomic E-state index is 11.7. The summed E-state index contributed by atoms with van der Waals surface area (Å²) in [7, 11) is 1.58. The van der Waals surface area contributed by atoms with Gasteiger partial charge in [-0.2, -0.15) is 0 Å². The molecule has 148 valence electrons. The van der Waals surface area contributed by atoms with Gasteiger partial charge in [-0.25, -0.2) is 0 Å². The zero-order chi connectivity index (χ0) is 20.0. The van der Waals surface area contributed by atoms with Gasteiger partial charge in [-0.1, -0.05) is 6.07 Å². The highest BCUT2D eigenvalue weighted by atomic mass is 16.7. The number of carbonyl (C=O) groups is 1. The maximum Gasteiger partial charge on any atom is 0.313 e. The van der Waals surface area contributed by atoms with Crippen LogP contribution < -0.4 is 10.1 Å². The number of ether oxygens (including phenoxy) is 3. The Morgan fingerprint density at radius 2 is 1.85 bits per heavy atom. The first-order valence-corrected chi connectivity index (χ1v) is 8.79. The summed E-state index contributed by atoms with van der Waals surface area (Å²) >= 11 is 0. The first-order valence-electron chi connectivity index (χ1n) is 8.79. The maximum absolute atomic E-state index is 11.7. The summed E-state index contributed by atoms with van der Waals surface area (Å²) in [4.78, 5) is 11.7. The summed E-state index contributed by atoms with van der Waals surface area (Å²) in [6, 6.07) is 5.48. The molecule has 0 saturated carbocycles. The molecule has 1 aromatic rings. The van der Waals surface area contributed by atoms with Crippen LogP contribution in [0, 0.1) is 5.41 Å². The van der Waals surface area contributed by atoms with Gasteiger partial charge in [0.1, 0.15) is 5.75 Å². The van der Waals surface area contributed by atoms with Crippen molar-refractivity contribution in [2.45, 2.75) is 59.8 Å². The van der Waals surface area contributed by atoms with E-state index in [1.54, 1.807) is 33.9 Å². The average Bonchev–Trinajstić information content (AvgIpc) is 2.54. The Balaban J connectivity index is 2.67. The van der Waals surface area contributed by atoms with Crippen molar-refractivity contribution >= 4 is 5.97 Å². The van der Waals surface area contributed by atoms with Crippen molar-refractivity contribution in [3.05, 3.63) is 29.3 Å². The smallest absolute Gasteiger partial charge is 0.313 e. The van der Waals surface area contributed by atoms with E-state index in [9.17, 15) is 9.90 Å². The molecule has 6 nitrogen and oxygen atoms in total. The molecule has 1 atom stereocenters. The molecule has 0 bridgehead atoms. The summed E-state index contributed by atoms with van der Waals surface area (Å²) in [6.07, 6.45) is -0.641. The van der Waals surface area contributed by atoms with Crippen LogP contribution in [-0.2, 0) is 20.9 Å². The van der Waals surface area contributed by atoms with Crippen molar-refractivity contribution in [3.63, 3.8) is 0 Å². The highest BCUT2D eigenvalue weighted by Crippen LogP contribution is 2.24. The van der Waals surface area contributed by atoms with Crippen molar-refractivity contribution in [2.24, 2.45) is 5.41 Å². The van der Waals surface area contributed by atoms with Crippen LogP contribution in [0.4, 0.5) is 0 Å². The predicted octanol–water partition coefficient (Wildman–Crippen LogP) is 3.18. The van der Waals surface area contributed by atoms with Crippen LogP contribution in [0.1, 0.15) is 58.8 Å². The average molecular weight is 367 g/mol. The number of esters is 1. The molecule has 0 saturated heterocycles. The molecule has 0 radical (unpaired) electrons. The molecular weight excluding hydrogens is 334 g/mol. The highest BCUT2D eigenvalue weighted by molar-refractivity contribution is 5.75. The molecule has 0 amide bonds. The number of methoxy groups -OCH3 is 1. The second kappa shape index (κ2) is 9.35. The van der Waals surface area contributed by atoms with Gasteiger partial charge in [-0.15, -0.1) is 0 Å². The number of rotatable bonds is 8. The van der Waals surface area contributed by atoms with Gasteiger partial charge < -0.3 is 24.6 Å². The third kappa shape index (κ3) is 7.72. The van der Waals surface area contributed by atoms with E-state index in [4.69, 9.17) is 14.2 Å². The molecule has 0 spiro atoms. The van der Waals surface area contributed by atoms with E-state index >= 15 is 0 Å². The SMILES string of the molecule is COc1ccc(C(O)CNC(C)(C)C)cc1COCOC(=O)C(C)(C)C. The largest absolute Gasteiger partial charge is 0.496 e. The Morgan fingerprint density at radius 3 is 2.38 bits per heavy atom. The van der Waals surface area contributed by atoms with Gasteiger partial charge in [0.15, 0.2) is 6.79 Å². The lowest BCUT2D eigenvalue weighted by molar-refractivity contribution is -0.166. The first-order chi connectivity index (χ1) is 11.9. The zero-order valence-corrected chi connectivity index (χ0v) is 17.0. The van der Waals surface area contributed by atoms with Gasteiger partial charge >= 0.3 is 5.97 Å². The predicted molar refractivity (Wildman–Crippen MR) is 101 cm³/mol. The molecule has 1 unspecified atom stereocenters. The van der Waals surface area contributed by atoms with E-state index in [0.29, 0.717) is 12.3 Å². The molecule has 0 aliphatic heterocycles. The minimum Gasteiger partial charge on any atom is -0.496 e. The fraction of sp³-hybridized carbons (Fsp3) is 0.650. The second-order valence-electron chi connectivity index (χ2n) is 8.37. The monoisotopic (exact) mass is 367 g/mol. The number of aliphatic hydroxyl groups is 1. The van der Waals surface area contributed by atoms with Gasteiger partial charge in [0.2, 0.25) is 0 Å². The molecule has 26 heavy (non-hydrogen) atoms. The minimum atomic E-state index is -0.641. The molecule has 6 heteroatoms. The van der Waals surface area contributed by atoms with Gasteiger partial charge in [0, 0.05) is 17.6 Å². The summed E-state index contributed by atoms with van der Waals surface area (Å²) < 4.78 is 15.9. The fourth-order valence-electron chi connectivity index (χ4n) is 2.10. The Morgan fingerprint density at radius 1 is 1.19 bits per heavy atom. The normalized spacial score (nSPS) is 13.4. The molecule has 1 rings (SSSR count). The highest BCUT2D eigenvalue weighted by Gasteiger charge is 2.23. The summed E-state index contributed by atoms with van der Waals surface area (Å²) in [5, 5.41) is 13.7. The van der Waals surface area contributed by atoms with Gasteiger partial charge in [0.25, 0.3) is 0 Å². The molecule has 0 aromatic heterocycles. The number of aliphatic hydroxyl groups excluding tert-OH is 1. The van der Waals surface area contributed by atoms with Crippen molar-refractivity contribution in [1.82, 2.24) is 5.32 Å². The van der Waals surface area contributed by atoms with E-state index in [0.717, 1.165) is 11.1 Å². The molecule has 0 fully saturated rings. The Labute approximate surface area is 156 Å². The molecular formula is C20H33NO5. The van der Waals surface area contributed by atoms with Crippen molar-refractivity contribution in [1.29, 1.82) is 0 Å². The fourth-order valence-corrected chi connectivity index (χ4v) is 2.10. The number of carbonyl (C=O) groups excluding carboxylic acids is 1. The number of β-amino-alcohol motifs (C(OH)–C–C–N with tert-alkyl or cyclic N) is 1. The Hall–Kier alpha value is -1.63. The Bertz CT molecular complexity index is 587. The molecule has 0 aliphatic rings. The topological polar surface area (TPSA) is 77.0 Å². The zero-order valence-electron chi connectivity index (χ0n) is 17.0. The lowest BCUT2D eigenvalue weighted by Crippen LogP contribution is -2.38. The standard InChI is InChI=1S/C20H33NO5/c1-19(2,3)18(23)26-13-25-12-15-10-14(8-9-17(15)24-7)16(22)11-21-20(4,5)6/h8-10,16,21-22H,11-13H2,1-7H3. The van der Waals surface area contributed by atoms with Crippen LogP contribution in [0.25, 0.3) is 0 Å². The van der Waals surface area contributed by atoms with Crippen LogP contribution in [0.15, 0.2) is 18.2 Å². The third-order valence-corrected chi connectivity index (χ3v) is 3.66. The van der Waals surface area contributed by atoms with Gasteiger partial charge in [0.05, 0.1) is 25.2 Å². The van der Waals surface area contributed by atoms with Gasteiger partial charge in [-0.3, -0.25) is 4.79 Å². The summed E-state index contributed by atoms with van der Waals surface area (Å²) in [6.45, 7) is 12.0. The molecule has 0 heterocycles. The number of benzene rings is 1. The quantitative estimate of drug-likeness (QED) is 0.417. The van der Waals surface area contributed by atoms with E-state index in [-0.39, 0.29) is 24.9 Å². The lowest BCUT2D eigenvalue weighted by Gasteiger charge is -2.23. The van der Waals surface area contributed by atoms with E-state index < -0.39 is 11.5 Å². The van der Waals surface area contributed by atoms with E-state index in [1.807, 2.05) is 32.9 Å². The Kier molecular flexibility index (Phi) is 8.06. The summed E-state index contributed by atoms with van der Waals surface area (Å²) in [5.74, 6) is 0.341. The molecule has 0 aliphatic carbocycles. The van der Waals surface area contributed by atoms with Crippen molar-refractivity contribution < 1.29 is 24.1 Å². The van der Waals surface area contributed by atoms with Crippen molar-refractivity contribution in [3.8, 4) is 5.75 Å². The van der Waals surface area contributed by atoms with Crippen molar-refractivity contribution in [2.75, 3.05) is 20.4 Å².